The van der Waals surface area contributed by atoms with E-state index in [4.69, 9.17) is 17.3 Å². The van der Waals surface area contributed by atoms with Crippen molar-refractivity contribution in [3.05, 3.63) is 33.3 Å². The van der Waals surface area contributed by atoms with Crippen molar-refractivity contribution < 1.29 is 0 Å². The number of aromatic nitrogens is 4. The van der Waals surface area contributed by atoms with E-state index in [9.17, 15) is 0 Å². The normalized spacial score (nSPS) is 10.9. The first-order chi connectivity index (χ1) is 9.52. The molecule has 0 aliphatic carbocycles. The number of rotatable bonds is 2. The number of aryl methyl sites for hydroxylation is 1. The van der Waals surface area contributed by atoms with Gasteiger partial charge in [-0.25, -0.2) is 9.97 Å². The summed E-state index contributed by atoms with van der Waals surface area (Å²) in [5, 5.41) is 4.13. The molecule has 5 nitrogen and oxygen atoms in total. The van der Waals surface area contributed by atoms with Crippen LogP contribution < -0.4 is 5.73 Å². The molecule has 0 unspecified atom stereocenters. The Hall–Kier alpha value is -1.44. The van der Waals surface area contributed by atoms with Gasteiger partial charge in [0.25, 0.3) is 0 Å². The highest BCUT2D eigenvalue weighted by Crippen LogP contribution is 2.37. The minimum atomic E-state index is 0.412. The van der Waals surface area contributed by atoms with E-state index in [1.165, 1.54) is 11.3 Å². The van der Waals surface area contributed by atoms with E-state index in [1.54, 1.807) is 16.9 Å². The van der Waals surface area contributed by atoms with Crippen LogP contribution in [0, 0.1) is 0 Å². The highest BCUT2D eigenvalue weighted by Gasteiger charge is 2.12. The molecule has 0 spiro atoms. The molecule has 102 valence electrons. The number of anilines is 1. The predicted molar refractivity (Wildman–Crippen MR) is 84.7 cm³/mol. The van der Waals surface area contributed by atoms with Gasteiger partial charge < -0.3 is 5.73 Å². The lowest BCUT2D eigenvalue weighted by Gasteiger charge is -2.02. The van der Waals surface area contributed by atoms with Gasteiger partial charge in [-0.1, -0.05) is 11.6 Å². The lowest BCUT2D eigenvalue weighted by atomic mass is 10.2. The summed E-state index contributed by atoms with van der Waals surface area (Å²) in [6.07, 6.45) is 3.62. The third kappa shape index (κ3) is 2.56. The molecule has 0 fully saturated rings. The first kappa shape index (κ1) is 13.5. The Balaban J connectivity index is 2.11. The molecule has 0 aliphatic heterocycles. The van der Waals surface area contributed by atoms with Crippen LogP contribution in [0.1, 0.15) is 0 Å². The van der Waals surface area contributed by atoms with Crippen LogP contribution in [0.15, 0.2) is 29.0 Å². The number of nitrogens with zero attached hydrogens (tertiary/aromatic N) is 4. The Morgan fingerprint density at radius 3 is 2.75 bits per heavy atom. The summed E-state index contributed by atoms with van der Waals surface area (Å²) in [7, 11) is 1.85. The van der Waals surface area contributed by atoms with E-state index < -0.39 is 0 Å². The molecular formula is C12H9BrClN5S. The molecule has 0 saturated carbocycles. The number of hydrogen-bond acceptors (Lipinski definition) is 5. The maximum atomic E-state index is 6.05. The van der Waals surface area contributed by atoms with Gasteiger partial charge in [0.15, 0.2) is 5.82 Å². The standard InChI is InChI=1S/C12H9BrClN5S/c1-19-5-6(4-16-19)8-3-10(15)18-12(17-8)9-2-7(13)11(14)20-9/h2-5H,1H3,(H2,15,17,18). The quantitative estimate of drug-likeness (QED) is 0.748. The Morgan fingerprint density at radius 1 is 1.35 bits per heavy atom. The first-order valence-corrected chi connectivity index (χ1v) is 7.60. The van der Waals surface area contributed by atoms with Crippen LogP contribution in [0.2, 0.25) is 4.34 Å². The summed E-state index contributed by atoms with van der Waals surface area (Å²) in [5.41, 5.74) is 7.50. The zero-order valence-corrected chi connectivity index (χ0v) is 13.5. The van der Waals surface area contributed by atoms with Crippen molar-refractivity contribution >= 4 is 44.7 Å². The topological polar surface area (TPSA) is 69.6 Å². The zero-order chi connectivity index (χ0) is 14.3. The fourth-order valence-electron chi connectivity index (χ4n) is 1.73. The molecule has 3 aromatic heterocycles. The van der Waals surface area contributed by atoms with Crippen molar-refractivity contribution in [2.75, 3.05) is 5.73 Å². The van der Waals surface area contributed by atoms with Crippen molar-refractivity contribution in [3.63, 3.8) is 0 Å². The van der Waals surface area contributed by atoms with Crippen molar-refractivity contribution in [2.24, 2.45) is 7.05 Å². The second kappa shape index (κ2) is 5.16. The van der Waals surface area contributed by atoms with Gasteiger partial charge in [0.2, 0.25) is 0 Å². The molecule has 20 heavy (non-hydrogen) atoms. The summed E-state index contributed by atoms with van der Waals surface area (Å²) in [6, 6.07) is 3.61. The molecule has 0 amide bonds. The number of hydrogen-bond donors (Lipinski definition) is 1. The van der Waals surface area contributed by atoms with E-state index in [0.717, 1.165) is 20.6 Å². The number of nitrogens with two attached hydrogens (primary N) is 1. The minimum Gasteiger partial charge on any atom is -0.384 e. The molecule has 3 aromatic rings. The molecule has 0 bridgehead atoms. The van der Waals surface area contributed by atoms with Gasteiger partial charge in [-0.3, -0.25) is 4.68 Å². The average molecular weight is 371 g/mol. The number of nitrogen functional groups attached to an aromatic ring is 1. The highest BCUT2D eigenvalue weighted by molar-refractivity contribution is 9.10. The summed E-state index contributed by atoms with van der Waals surface area (Å²) in [4.78, 5) is 9.65. The predicted octanol–water partition coefficient (Wildman–Crippen LogP) is 3.60. The largest absolute Gasteiger partial charge is 0.384 e. The molecule has 0 atom stereocenters. The van der Waals surface area contributed by atoms with E-state index in [1.807, 2.05) is 19.3 Å². The Morgan fingerprint density at radius 2 is 2.15 bits per heavy atom. The Labute approximate surface area is 132 Å². The van der Waals surface area contributed by atoms with Gasteiger partial charge in [-0.15, -0.1) is 11.3 Å². The SMILES string of the molecule is Cn1cc(-c2cc(N)nc(-c3cc(Br)c(Cl)s3)n2)cn1. The molecule has 8 heteroatoms. The third-order valence-corrected chi connectivity index (χ3v) is 5.08. The maximum absolute atomic E-state index is 6.05. The molecule has 0 saturated heterocycles. The molecule has 3 heterocycles. The van der Waals surface area contributed by atoms with Gasteiger partial charge in [0.1, 0.15) is 10.2 Å². The molecule has 0 aliphatic rings. The van der Waals surface area contributed by atoms with Crippen LogP contribution >= 0.6 is 38.9 Å². The Bertz CT molecular complexity index is 763. The van der Waals surface area contributed by atoms with Crippen LogP contribution in [0.3, 0.4) is 0 Å². The van der Waals surface area contributed by atoms with Crippen LogP contribution in [-0.4, -0.2) is 19.7 Å². The monoisotopic (exact) mass is 369 g/mol. The van der Waals surface area contributed by atoms with Gasteiger partial charge in [0, 0.05) is 29.3 Å². The molecule has 3 rings (SSSR count). The fourth-order valence-corrected chi connectivity index (χ4v) is 3.37. The summed E-state index contributed by atoms with van der Waals surface area (Å²) in [5.74, 6) is 0.968. The van der Waals surface area contributed by atoms with Crippen molar-refractivity contribution in [2.45, 2.75) is 0 Å². The van der Waals surface area contributed by atoms with E-state index >= 15 is 0 Å². The van der Waals surface area contributed by atoms with E-state index in [2.05, 4.69) is 31.0 Å². The highest BCUT2D eigenvalue weighted by atomic mass is 79.9. The summed E-state index contributed by atoms with van der Waals surface area (Å²) in [6.45, 7) is 0. The second-order valence-electron chi connectivity index (χ2n) is 4.14. The van der Waals surface area contributed by atoms with Gasteiger partial charge >= 0.3 is 0 Å². The molecule has 0 aromatic carbocycles. The van der Waals surface area contributed by atoms with E-state index in [0.29, 0.717) is 16.0 Å². The molecule has 2 N–H and O–H groups in total. The van der Waals surface area contributed by atoms with Gasteiger partial charge in [-0.2, -0.15) is 5.10 Å². The average Bonchev–Trinajstić information content (AvgIpc) is 2.96. The Kier molecular flexibility index (Phi) is 3.49. The minimum absolute atomic E-state index is 0.412. The maximum Gasteiger partial charge on any atom is 0.172 e. The van der Waals surface area contributed by atoms with Crippen LogP contribution in [0.4, 0.5) is 5.82 Å². The van der Waals surface area contributed by atoms with Crippen LogP contribution in [-0.2, 0) is 7.05 Å². The fraction of sp³-hybridized carbons (Fsp3) is 0.0833. The van der Waals surface area contributed by atoms with Crippen LogP contribution in [0.5, 0.6) is 0 Å². The number of halogens is 2. The zero-order valence-electron chi connectivity index (χ0n) is 10.3. The third-order valence-electron chi connectivity index (χ3n) is 2.61. The van der Waals surface area contributed by atoms with Crippen LogP contribution in [0.25, 0.3) is 22.0 Å². The second-order valence-corrected chi connectivity index (χ2v) is 6.65. The van der Waals surface area contributed by atoms with Gasteiger partial charge in [0.05, 0.1) is 16.8 Å². The summed E-state index contributed by atoms with van der Waals surface area (Å²) >= 11 is 10.8. The first-order valence-electron chi connectivity index (χ1n) is 5.61. The molecule has 0 radical (unpaired) electrons. The van der Waals surface area contributed by atoms with Crippen molar-refractivity contribution in [1.29, 1.82) is 0 Å². The van der Waals surface area contributed by atoms with Crippen molar-refractivity contribution in [3.8, 4) is 22.0 Å². The number of thiophene rings is 1. The van der Waals surface area contributed by atoms with Gasteiger partial charge in [-0.05, 0) is 22.0 Å². The van der Waals surface area contributed by atoms with E-state index in [-0.39, 0.29) is 0 Å². The molecular weight excluding hydrogens is 362 g/mol. The summed E-state index contributed by atoms with van der Waals surface area (Å²) < 4.78 is 3.20. The lowest BCUT2D eigenvalue weighted by molar-refractivity contribution is 0.768. The lowest BCUT2D eigenvalue weighted by Crippen LogP contribution is -1.96. The smallest absolute Gasteiger partial charge is 0.172 e. The van der Waals surface area contributed by atoms with Crippen molar-refractivity contribution in [1.82, 2.24) is 19.7 Å².